The quantitative estimate of drug-likeness (QED) is 0.416. The van der Waals surface area contributed by atoms with Crippen LogP contribution < -0.4 is 5.32 Å². The highest BCUT2D eigenvalue weighted by Crippen LogP contribution is 2.62. The zero-order chi connectivity index (χ0) is 21.5. The third kappa shape index (κ3) is 3.59. The van der Waals surface area contributed by atoms with Crippen molar-refractivity contribution in [1.82, 2.24) is 0 Å². The van der Waals surface area contributed by atoms with E-state index in [4.69, 9.17) is 0 Å². The molecule has 4 heteroatoms. The summed E-state index contributed by atoms with van der Waals surface area (Å²) >= 11 is 0. The van der Waals surface area contributed by atoms with Gasteiger partial charge in [-0.1, -0.05) is 64.0 Å². The summed E-state index contributed by atoms with van der Waals surface area (Å²) in [6.45, 7) is 10.4. The van der Waals surface area contributed by atoms with Gasteiger partial charge in [-0.2, -0.15) is 0 Å². The van der Waals surface area contributed by atoms with E-state index in [1.54, 1.807) is 23.3 Å². The Morgan fingerprint density at radius 1 is 1.23 bits per heavy atom. The number of nitro groups is 1. The molecule has 0 amide bonds. The molecule has 3 aliphatic carbocycles. The monoisotopic (exact) mass is 408 g/mol. The van der Waals surface area contributed by atoms with Gasteiger partial charge in [0.25, 0.3) is 5.69 Å². The number of anilines is 1. The molecule has 4 rings (SSSR count). The summed E-state index contributed by atoms with van der Waals surface area (Å²) in [6, 6.07) is 7.03. The Bertz CT molecular complexity index is 887. The van der Waals surface area contributed by atoms with Crippen molar-refractivity contribution >= 4 is 11.4 Å². The van der Waals surface area contributed by atoms with Crippen molar-refractivity contribution in [2.45, 2.75) is 66.2 Å². The average molecular weight is 409 g/mol. The average Bonchev–Trinajstić information content (AvgIpc) is 2.72. The highest BCUT2D eigenvalue weighted by molar-refractivity contribution is 5.61. The number of fused-ring (bicyclic) bond motifs is 3. The third-order valence-electron chi connectivity index (χ3n) is 8.49. The molecule has 0 heterocycles. The van der Waals surface area contributed by atoms with Crippen molar-refractivity contribution in [3.63, 3.8) is 0 Å². The highest BCUT2D eigenvalue weighted by atomic mass is 16.6. The Morgan fingerprint density at radius 3 is 2.73 bits per heavy atom. The summed E-state index contributed by atoms with van der Waals surface area (Å²) < 4.78 is 0. The third-order valence-corrected chi connectivity index (χ3v) is 8.49. The first-order valence-corrected chi connectivity index (χ1v) is 11.6. The van der Waals surface area contributed by atoms with Crippen LogP contribution >= 0.6 is 0 Å². The van der Waals surface area contributed by atoms with Crippen LogP contribution in [0.25, 0.3) is 0 Å². The lowest BCUT2D eigenvalue weighted by Gasteiger charge is -2.58. The van der Waals surface area contributed by atoms with Crippen LogP contribution in [-0.4, -0.2) is 11.5 Å². The van der Waals surface area contributed by atoms with E-state index >= 15 is 0 Å². The van der Waals surface area contributed by atoms with Gasteiger partial charge in [-0.3, -0.25) is 10.1 Å². The first-order chi connectivity index (χ1) is 14.2. The molecule has 1 aromatic carbocycles. The largest absolute Gasteiger partial charge is 0.379 e. The van der Waals surface area contributed by atoms with Gasteiger partial charge in [0.1, 0.15) is 5.69 Å². The van der Waals surface area contributed by atoms with Crippen LogP contribution in [-0.2, 0) is 0 Å². The van der Waals surface area contributed by atoms with Gasteiger partial charge in [0.15, 0.2) is 0 Å². The standard InChI is InChI=1S/C26H36N2O2/c1-18(2)19-10-12-21-20(16-19)11-13-24-25(3,14-7-15-26(21,24)4)17-27-22-8-5-6-9-23(22)28(29)30/h5-6,8-9,11,16,18,21,24,27H,7,10,12-15,17H2,1-4H3/t21-,24-,25-,26+/m0/s1. The number of hydrogen-bond acceptors (Lipinski definition) is 3. The summed E-state index contributed by atoms with van der Waals surface area (Å²) in [6.07, 6.45) is 12.4. The van der Waals surface area contributed by atoms with E-state index in [1.165, 1.54) is 32.1 Å². The van der Waals surface area contributed by atoms with Crippen molar-refractivity contribution < 1.29 is 4.92 Å². The van der Waals surface area contributed by atoms with E-state index in [-0.39, 0.29) is 16.0 Å². The zero-order valence-electron chi connectivity index (χ0n) is 18.9. The molecule has 1 N–H and O–H groups in total. The van der Waals surface area contributed by atoms with Gasteiger partial charge in [0, 0.05) is 12.6 Å². The van der Waals surface area contributed by atoms with Crippen molar-refractivity contribution in [2.24, 2.45) is 28.6 Å². The Hall–Kier alpha value is -2.10. The molecule has 0 aliphatic heterocycles. The fourth-order valence-electron chi connectivity index (χ4n) is 6.76. The van der Waals surface area contributed by atoms with Crippen molar-refractivity contribution in [2.75, 3.05) is 11.9 Å². The maximum Gasteiger partial charge on any atom is 0.292 e. The Labute approximate surface area is 181 Å². The lowest BCUT2D eigenvalue weighted by atomic mass is 9.47. The van der Waals surface area contributed by atoms with E-state index in [9.17, 15) is 10.1 Å². The minimum absolute atomic E-state index is 0.140. The molecule has 1 fully saturated rings. The van der Waals surface area contributed by atoms with E-state index in [2.05, 4.69) is 45.2 Å². The Morgan fingerprint density at radius 2 is 2.00 bits per heavy atom. The second kappa shape index (κ2) is 7.86. The predicted octanol–water partition coefficient (Wildman–Crippen LogP) is 7.14. The van der Waals surface area contributed by atoms with Crippen LogP contribution in [0.15, 0.2) is 47.6 Å². The van der Waals surface area contributed by atoms with Crippen LogP contribution in [0.5, 0.6) is 0 Å². The van der Waals surface area contributed by atoms with Crippen LogP contribution in [0.3, 0.4) is 0 Å². The Balaban J connectivity index is 1.59. The normalized spacial score (nSPS) is 33.2. The van der Waals surface area contributed by atoms with Gasteiger partial charge in [-0.25, -0.2) is 0 Å². The molecule has 0 saturated heterocycles. The van der Waals surface area contributed by atoms with E-state index < -0.39 is 0 Å². The number of hydrogen-bond donors (Lipinski definition) is 1. The van der Waals surface area contributed by atoms with E-state index in [0.29, 0.717) is 28.9 Å². The van der Waals surface area contributed by atoms with Crippen molar-refractivity contribution in [3.05, 3.63) is 57.7 Å². The van der Waals surface area contributed by atoms with Gasteiger partial charge in [0.2, 0.25) is 0 Å². The molecule has 30 heavy (non-hydrogen) atoms. The molecular weight excluding hydrogens is 372 g/mol. The van der Waals surface area contributed by atoms with Crippen LogP contribution in [0.4, 0.5) is 11.4 Å². The topological polar surface area (TPSA) is 55.2 Å². The first-order valence-electron chi connectivity index (χ1n) is 11.6. The lowest BCUT2D eigenvalue weighted by molar-refractivity contribution is -0.384. The summed E-state index contributed by atoms with van der Waals surface area (Å²) in [5.74, 6) is 1.90. The Kier molecular flexibility index (Phi) is 5.54. The summed E-state index contributed by atoms with van der Waals surface area (Å²) in [5, 5.41) is 14.9. The lowest BCUT2D eigenvalue weighted by Crippen LogP contribution is -2.52. The van der Waals surface area contributed by atoms with Gasteiger partial charge < -0.3 is 5.32 Å². The fourth-order valence-corrected chi connectivity index (χ4v) is 6.76. The first kappa shape index (κ1) is 21.1. The van der Waals surface area contributed by atoms with Crippen LogP contribution in [0, 0.1) is 38.7 Å². The van der Waals surface area contributed by atoms with Gasteiger partial charge in [0.05, 0.1) is 4.92 Å². The summed E-state index contributed by atoms with van der Waals surface area (Å²) in [7, 11) is 0. The number of nitrogens with one attached hydrogen (secondary N) is 1. The van der Waals surface area contributed by atoms with E-state index in [1.807, 2.05) is 12.1 Å². The molecule has 1 aromatic rings. The highest BCUT2D eigenvalue weighted by Gasteiger charge is 2.54. The second-order valence-corrected chi connectivity index (χ2v) is 10.6. The van der Waals surface area contributed by atoms with Crippen molar-refractivity contribution in [1.29, 1.82) is 0 Å². The smallest absolute Gasteiger partial charge is 0.292 e. The zero-order valence-corrected chi connectivity index (χ0v) is 18.9. The minimum atomic E-state index is -0.286. The molecule has 4 nitrogen and oxygen atoms in total. The second-order valence-electron chi connectivity index (χ2n) is 10.6. The molecule has 4 atom stereocenters. The van der Waals surface area contributed by atoms with Gasteiger partial charge in [-0.05, 0) is 72.3 Å². The molecule has 1 saturated carbocycles. The maximum absolute atomic E-state index is 11.4. The molecule has 3 aliphatic rings. The van der Waals surface area contributed by atoms with Gasteiger partial charge >= 0.3 is 0 Å². The number of nitrogens with zero attached hydrogens (tertiary/aromatic N) is 1. The van der Waals surface area contributed by atoms with Gasteiger partial charge in [-0.15, -0.1) is 0 Å². The predicted molar refractivity (Wildman–Crippen MR) is 123 cm³/mol. The van der Waals surface area contributed by atoms with Crippen LogP contribution in [0.1, 0.15) is 66.2 Å². The molecule has 0 spiro atoms. The number of benzene rings is 1. The van der Waals surface area contributed by atoms with Crippen molar-refractivity contribution in [3.8, 4) is 0 Å². The molecule has 162 valence electrons. The summed E-state index contributed by atoms with van der Waals surface area (Å²) in [4.78, 5) is 11.1. The molecular formula is C26H36N2O2. The minimum Gasteiger partial charge on any atom is -0.379 e. The fraction of sp³-hybridized carbons (Fsp3) is 0.615. The SMILES string of the molecule is CC(C)C1=CC2=CC[C@H]3[C@](C)(CNc4ccccc4[N+](=O)[O-])CCC[C@]3(C)[C@H]2CC1. The number of rotatable bonds is 5. The van der Waals surface area contributed by atoms with E-state index in [0.717, 1.165) is 13.0 Å². The molecule has 0 unspecified atom stereocenters. The molecule has 0 radical (unpaired) electrons. The maximum atomic E-state index is 11.4. The molecule has 0 bridgehead atoms. The summed E-state index contributed by atoms with van der Waals surface area (Å²) in [5.41, 5.74) is 4.46. The number of allylic oxidation sites excluding steroid dienone is 4. The molecule has 0 aromatic heterocycles. The number of para-hydroxylation sites is 2. The number of nitro benzene ring substituents is 1. The van der Waals surface area contributed by atoms with Crippen LogP contribution in [0.2, 0.25) is 0 Å².